The second kappa shape index (κ2) is 7.43. The summed E-state index contributed by atoms with van der Waals surface area (Å²) in [6, 6.07) is 0. The van der Waals surface area contributed by atoms with Gasteiger partial charge in [-0.15, -0.1) is 0 Å². The van der Waals surface area contributed by atoms with Crippen molar-refractivity contribution in [3.05, 3.63) is 0 Å². The zero-order valence-electron chi connectivity index (χ0n) is 14.0. The van der Waals surface area contributed by atoms with Gasteiger partial charge in [0.1, 0.15) is 6.61 Å². The van der Waals surface area contributed by atoms with Crippen molar-refractivity contribution in [2.24, 2.45) is 10.8 Å². The molecule has 6 heteroatoms. The largest absolute Gasteiger partial charge is 0.461 e. The van der Waals surface area contributed by atoms with E-state index in [0.29, 0.717) is 0 Å². The number of carbonyl (C=O) groups excluding carboxylic acids is 3. The van der Waals surface area contributed by atoms with Gasteiger partial charge in [0.2, 0.25) is 5.91 Å². The summed E-state index contributed by atoms with van der Waals surface area (Å²) in [6.07, 6.45) is -0.702. The fourth-order valence-electron chi connectivity index (χ4n) is 1.11. The first-order chi connectivity index (χ1) is 9.34. The van der Waals surface area contributed by atoms with Gasteiger partial charge in [0, 0.05) is 6.92 Å². The maximum absolute atomic E-state index is 11.9. The standard InChI is InChI=1S/C15H27NO5/c1-10(17)16-8-11(21-13(19)15(5,6)7)9-20-12(18)14(2,3)4/h11H,8-9H2,1-7H3,(H,16,17)/t11-/m1/s1. The van der Waals surface area contributed by atoms with Crippen LogP contribution in [0.4, 0.5) is 0 Å². The molecular formula is C15H27NO5. The van der Waals surface area contributed by atoms with Gasteiger partial charge in [-0.25, -0.2) is 0 Å². The molecule has 1 amide bonds. The summed E-state index contributed by atoms with van der Waals surface area (Å²) < 4.78 is 10.4. The van der Waals surface area contributed by atoms with E-state index in [-0.39, 0.29) is 25.0 Å². The number of ether oxygens (including phenoxy) is 2. The molecule has 0 aliphatic heterocycles. The number of carbonyl (C=O) groups is 3. The van der Waals surface area contributed by atoms with Crippen LogP contribution >= 0.6 is 0 Å². The minimum atomic E-state index is -0.702. The molecule has 0 aromatic carbocycles. The molecule has 0 saturated heterocycles. The summed E-state index contributed by atoms with van der Waals surface area (Å²) in [5.74, 6) is -1.04. The number of hydrogen-bond donors (Lipinski definition) is 1. The van der Waals surface area contributed by atoms with Gasteiger partial charge in [0.25, 0.3) is 0 Å². The zero-order chi connectivity index (χ0) is 16.8. The highest BCUT2D eigenvalue weighted by Crippen LogP contribution is 2.18. The van der Waals surface area contributed by atoms with Crippen LogP contribution in [0.15, 0.2) is 0 Å². The summed E-state index contributed by atoms with van der Waals surface area (Å²) in [4.78, 5) is 34.6. The third-order valence-corrected chi connectivity index (χ3v) is 2.48. The fourth-order valence-corrected chi connectivity index (χ4v) is 1.11. The first kappa shape index (κ1) is 19.4. The van der Waals surface area contributed by atoms with Crippen LogP contribution in [-0.2, 0) is 23.9 Å². The number of esters is 2. The van der Waals surface area contributed by atoms with Crippen LogP contribution in [0.5, 0.6) is 0 Å². The van der Waals surface area contributed by atoms with E-state index in [4.69, 9.17) is 9.47 Å². The Labute approximate surface area is 126 Å². The maximum atomic E-state index is 11.9. The van der Waals surface area contributed by atoms with Crippen LogP contribution < -0.4 is 5.32 Å². The Kier molecular flexibility index (Phi) is 6.86. The highest BCUT2D eigenvalue weighted by Gasteiger charge is 2.29. The third kappa shape index (κ3) is 8.32. The van der Waals surface area contributed by atoms with E-state index in [2.05, 4.69) is 5.32 Å². The SMILES string of the molecule is CC(=O)NC[C@H](COC(=O)C(C)(C)C)OC(=O)C(C)(C)C. The lowest BCUT2D eigenvalue weighted by molar-refractivity contribution is -0.168. The van der Waals surface area contributed by atoms with E-state index in [1.165, 1.54) is 6.92 Å². The summed E-state index contributed by atoms with van der Waals surface area (Å²) in [5.41, 5.74) is -1.30. The van der Waals surface area contributed by atoms with Gasteiger partial charge in [-0.05, 0) is 41.5 Å². The molecule has 0 bridgehead atoms. The first-order valence-electron chi connectivity index (χ1n) is 6.97. The molecule has 0 aliphatic carbocycles. The van der Waals surface area contributed by atoms with E-state index in [0.717, 1.165) is 0 Å². The average Bonchev–Trinajstić information content (AvgIpc) is 2.29. The van der Waals surface area contributed by atoms with Crippen molar-refractivity contribution in [1.29, 1.82) is 0 Å². The van der Waals surface area contributed by atoms with Gasteiger partial charge in [0.15, 0.2) is 6.10 Å². The Bertz CT molecular complexity index is 390. The predicted octanol–water partition coefficient (Wildman–Crippen LogP) is 1.67. The smallest absolute Gasteiger partial charge is 0.311 e. The quantitative estimate of drug-likeness (QED) is 0.781. The van der Waals surface area contributed by atoms with Crippen LogP contribution in [-0.4, -0.2) is 37.1 Å². The third-order valence-electron chi connectivity index (χ3n) is 2.48. The Morgan fingerprint density at radius 2 is 1.43 bits per heavy atom. The van der Waals surface area contributed by atoms with Crippen molar-refractivity contribution in [2.45, 2.75) is 54.6 Å². The highest BCUT2D eigenvalue weighted by molar-refractivity contribution is 5.76. The molecule has 0 fully saturated rings. The Balaban J connectivity index is 4.64. The molecule has 0 heterocycles. The second-order valence-corrected chi connectivity index (χ2v) is 7.06. The van der Waals surface area contributed by atoms with Crippen molar-refractivity contribution in [2.75, 3.05) is 13.2 Å². The fraction of sp³-hybridized carbons (Fsp3) is 0.800. The van der Waals surface area contributed by atoms with E-state index in [9.17, 15) is 14.4 Å². The number of nitrogens with one attached hydrogen (secondary N) is 1. The van der Waals surface area contributed by atoms with Crippen molar-refractivity contribution < 1.29 is 23.9 Å². The second-order valence-electron chi connectivity index (χ2n) is 7.06. The number of hydrogen-bond acceptors (Lipinski definition) is 5. The monoisotopic (exact) mass is 301 g/mol. The Morgan fingerprint density at radius 3 is 1.81 bits per heavy atom. The molecule has 1 atom stereocenters. The van der Waals surface area contributed by atoms with Crippen LogP contribution in [0.25, 0.3) is 0 Å². The van der Waals surface area contributed by atoms with Gasteiger partial charge >= 0.3 is 11.9 Å². The Morgan fingerprint density at radius 1 is 0.952 bits per heavy atom. The minimum Gasteiger partial charge on any atom is -0.461 e. The van der Waals surface area contributed by atoms with E-state index < -0.39 is 22.9 Å². The van der Waals surface area contributed by atoms with Gasteiger partial charge in [-0.3, -0.25) is 14.4 Å². The molecule has 0 saturated carbocycles. The van der Waals surface area contributed by atoms with E-state index >= 15 is 0 Å². The molecule has 0 spiro atoms. The van der Waals surface area contributed by atoms with Crippen molar-refractivity contribution in [3.63, 3.8) is 0 Å². The molecule has 0 aliphatic rings. The zero-order valence-corrected chi connectivity index (χ0v) is 14.0. The lowest BCUT2D eigenvalue weighted by atomic mass is 9.97. The molecular weight excluding hydrogens is 274 g/mol. The number of amides is 1. The first-order valence-corrected chi connectivity index (χ1v) is 6.97. The molecule has 0 rings (SSSR count). The minimum absolute atomic E-state index is 0.0851. The topological polar surface area (TPSA) is 81.7 Å². The average molecular weight is 301 g/mol. The highest BCUT2D eigenvalue weighted by atomic mass is 16.6. The lowest BCUT2D eigenvalue weighted by Gasteiger charge is -2.24. The number of rotatable bonds is 5. The normalized spacial score (nSPS) is 13.3. The molecule has 21 heavy (non-hydrogen) atoms. The van der Waals surface area contributed by atoms with Crippen molar-refractivity contribution >= 4 is 17.8 Å². The Hall–Kier alpha value is -1.59. The lowest BCUT2D eigenvalue weighted by Crippen LogP contribution is -2.40. The molecule has 0 aromatic heterocycles. The van der Waals surface area contributed by atoms with Crippen LogP contribution in [0.2, 0.25) is 0 Å². The van der Waals surface area contributed by atoms with Gasteiger partial charge < -0.3 is 14.8 Å². The summed E-state index contributed by atoms with van der Waals surface area (Å²) in [5, 5.41) is 2.56. The molecule has 0 aromatic rings. The van der Waals surface area contributed by atoms with Crippen molar-refractivity contribution in [1.82, 2.24) is 5.32 Å². The molecule has 0 unspecified atom stereocenters. The summed E-state index contributed by atoms with van der Waals surface area (Å²) in [6.45, 7) is 11.8. The van der Waals surface area contributed by atoms with Gasteiger partial charge in [-0.2, -0.15) is 0 Å². The van der Waals surface area contributed by atoms with Crippen LogP contribution in [0.1, 0.15) is 48.5 Å². The van der Waals surface area contributed by atoms with Crippen molar-refractivity contribution in [3.8, 4) is 0 Å². The summed E-state index contributed by atoms with van der Waals surface area (Å²) in [7, 11) is 0. The van der Waals surface area contributed by atoms with E-state index in [1.807, 2.05) is 0 Å². The summed E-state index contributed by atoms with van der Waals surface area (Å²) >= 11 is 0. The predicted molar refractivity (Wildman–Crippen MR) is 78.4 cm³/mol. The van der Waals surface area contributed by atoms with Crippen LogP contribution in [0, 0.1) is 10.8 Å². The maximum Gasteiger partial charge on any atom is 0.311 e. The molecule has 1 N–H and O–H groups in total. The molecule has 122 valence electrons. The molecule has 0 radical (unpaired) electrons. The van der Waals surface area contributed by atoms with Crippen LogP contribution in [0.3, 0.4) is 0 Å². The van der Waals surface area contributed by atoms with Gasteiger partial charge in [0.05, 0.1) is 17.4 Å². The van der Waals surface area contributed by atoms with Gasteiger partial charge in [-0.1, -0.05) is 0 Å². The molecule has 6 nitrogen and oxygen atoms in total. The van der Waals surface area contributed by atoms with E-state index in [1.54, 1.807) is 41.5 Å².